The van der Waals surface area contributed by atoms with Gasteiger partial charge in [0.25, 0.3) is 0 Å². The third-order valence-corrected chi connectivity index (χ3v) is 2.98. The van der Waals surface area contributed by atoms with Crippen LogP contribution < -0.4 is 9.64 Å². The molecule has 0 bridgehead atoms. The van der Waals surface area contributed by atoms with Crippen molar-refractivity contribution >= 4 is 23.1 Å². The van der Waals surface area contributed by atoms with Crippen molar-refractivity contribution in [2.24, 2.45) is 0 Å². The van der Waals surface area contributed by atoms with Crippen LogP contribution in [0.5, 0.6) is 5.75 Å². The molecule has 1 aromatic carbocycles. The lowest BCUT2D eigenvalue weighted by molar-refractivity contribution is 0.215. The van der Waals surface area contributed by atoms with E-state index >= 15 is 0 Å². The van der Waals surface area contributed by atoms with E-state index in [1.54, 1.807) is 6.20 Å². The number of para-hydroxylation sites is 1. The maximum atomic E-state index is 5.86. The fraction of sp³-hybridized carbons (Fsp3) is 0.231. The van der Waals surface area contributed by atoms with E-state index in [0.29, 0.717) is 5.75 Å². The Kier molecular flexibility index (Phi) is 2.80. The Morgan fingerprint density at radius 1 is 1.33 bits per heavy atom. The van der Waals surface area contributed by atoms with Gasteiger partial charge >= 0.3 is 0 Å². The van der Waals surface area contributed by atoms with E-state index in [9.17, 15) is 0 Å². The highest BCUT2D eigenvalue weighted by Crippen LogP contribution is 2.36. The molecule has 0 amide bonds. The highest BCUT2D eigenvalue weighted by atomic mass is 35.5. The zero-order valence-corrected chi connectivity index (χ0v) is 10.6. The minimum atomic E-state index is 0.0856. The van der Waals surface area contributed by atoms with E-state index < -0.39 is 0 Å². The van der Waals surface area contributed by atoms with Gasteiger partial charge in [-0.1, -0.05) is 18.2 Å². The van der Waals surface area contributed by atoms with Crippen LogP contribution in [0.1, 0.15) is 6.92 Å². The third-order valence-electron chi connectivity index (χ3n) is 2.80. The van der Waals surface area contributed by atoms with Crippen LogP contribution in [-0.2, 0) is 0 Å². The van der Waals surface area contributed by atoms with Crippen molar-refractivity contribution in [3.63, 3.8) is 0 Å². The molecule has 0 radical (unpaired) electrons. The third kappa shape index (κ3) is 1.99. The van der Waals surface area contributed by atoms with Crippen LogP contribution in [0.25, 0.3) is 0 Å². The summed E-state index contributed by atoms with van der Waals surface area (Å²) in [5.74, 6) is 1.39. The molecule has 5 heteroatoms. The maximum absolute atomic E-state index is 5.86. The second kappa shape index (κ2) is 4.46. The Balaban J connectivity index is 2.09. The predicted molar refractivity (Wildman–Crippen MR) is 70.6 cm³/mol. The predicted octanol–water partition coefficient (Wildman–Crippen LogP) is 3.05. The molecule has 2 heterocycles. The first-order valence-corrected chi connectivity index (χ1v) is 6.13. The summed E-state index contributed by atoms with van der Waals surface area (Å²) in [5, 5.41) is 0.229. The van der Waals surface area contributed by atoms with E-state index in [1.807, 2.05) is 37.3 Å². The lowest BCUT2D eigenvalue weighted by atomic mass is 10.2. The lowest BCUT2D eigenvalue weighted by Gasteiger charge is -2.33. The van der Waals surface area contributed by atoms with Crippen molar-refractivity contribution in [3.8, 4) is 5.75 Å². The Morgan fingerprint density at radius 2 is 2.11 bits per heavy atom. The number of hydrogen-bond donors (Lipinski definition) is 0. The van der Waals surface area contributed by atoms with E-state index in [2.05, 4.69) is 14.9 Å². The van der Waals surface area contributed by atoms with E-state index in [0.717, 1.165) is 18.1 Å². The standard InChI is InChI=1S/C13H12ClN3O/c1-9-8-17(10-5-3-2-4-6-10)12-11(18-9)7-15-13(14)16-12/h2-7,9H,8H2,1H3. The molecule has 2 aromatic rings. The number of ether oxygens (including phenoxy) is 1. The van der Waals surface area contributed by atoms with Crippen molar-refractivity contribution < 1.29 is 4.74 Å². The quantitative estimate of drug-likeness (QED) is 0.740. The smallest absolute Gasteiger partial charge is 0.224 e. The Labute approximate surface area is 110 Å². The van der Waals surface area contributed by atoms with Gasteiger partial charge in [0.05, 0.1) is 12.7 Å². The van der Waals surface area contributed by atoms with Crippen LogP contribution in [-0.4, -0.2) is 22.6 Å². The first-order chi connectivity index (χ1) is 8.74. The number of rotatable bonds is 1. The van der Waals surface area contributed by atoms with Crippen molar-refractivity contribution in [1.82, 2.24) is 9.97 Å². The van der Waals surface area contributed by atoms with Crippen molar-refractivity contribution in [2.75, 3.05) is 11.4 Å². The molecule has 1 aliphatic heterocycles. The second-order valence-corrected chi connectivity index (χ2v) is 4.54. The molecule has 1 aromatic heterocycles. The fourth-order valence-corrected chi connectivity index (χ4v) is 2.18. The Morgan fingerprint density at radius 3 is 2.89 bits per heavy atom. The summed E-state index contributed by atoms with van der Waals surface area (Å²) in [4.78, 5) is 10.3. The second-order valence-electron chi connectivity index (χ2n) is 4.20. The first kappa shape index (κ1) is 11.3. The van der Waals surface area contributed by atoms with Gasteiger partial charge in [0, 0.05) is 5.69 Å². The SMILES string of the molecule is CC1CN(c2ccccc2)c2nc(Cl)ncc2O1. The molecule has 0 spiro atoms. The molecule has 0 fully saturated rings. The van der Waals surface area contributed by atoms with Gasteiger partial charge in [0.15, 0.2) is 11.6 Å². The normalized spacial score (nSPS) is 18.1. The minimum Gasteiger partial charge on any atom is -0.483 e. The number of anilines is 2. The average Bonchev–Trinajstić information content (AvgIpc) is 2.39. The van der Waals surface area contributed by atoms with Crippen LogP contribution in [0.3, 0.4) is 0 Å². The van der Waals surface area contributed by atoms with Gasteiger partial charge in [0.1, 0.15) is 6.10 Å². The zero-order chi connectivity index (χ0) is 12.5. The zero-order valence-electron chi connectivity index (χ0n) is 9.88. The van der Waals surface area contributed by atoms with E-state index in [4.69, 9.17) is 16.3 Å². The van der Waals surface area contributed by atoms with E-state index in [-0.39, 0.29) is 11.4 Å². The lowest BCUT2D eigenvalue weighted by Crippen LogP contribution is -2.36. The molecule has 0 saturated carbocycles. The largest absolute Gasteiger partial charge is 0.483 e. The number of halogens is 1. The fourth-order valence-electron chi connectivity index (χ4n) is 2.05. The summed E-state index contributed by atoms with van der Waals surface area (Å²) in [6, 6.07) is 10.1. The van der Waals surface area contributed by atoms with Gasteiger partial charge in [-0.2, -0.15) is 4.98 Å². The molecule has 4 nitrogen and oxygen atoms in total. The summed E-state index contributed by atoms with van der Waals surface area (Å²) >= 11 is 5.86. The number of fused-ring (bicyclic) bond motifs is 1. The van der Waals surface area contributed by atoms with Crippen LogP contribution in [0.15, 0.2) is 36.5 Å². The highest BCUT2D eigenvalue weighted by molar-refractivity contribution is 6.28. The van der Waals surface area contributed by atoms with Crippen LogP contribution >= 0.6 is 11.6 Å². The maximum Gasteiger partial charge on any atom is 0.224 e. The van der Waals surface area contributed by atoms with Crippen LogP contribution in [0.2, 0.25) is 5.28 Å². The van der Waals surface area contributed by atoms with Crippen molar-refractivity contribution in [2.45, 2.75) is 13.0 Å². The summed E-state index contributed by atoms with van der Waals surface area (Å²) in [7, 11) is 0. The van der Waals surface area contributed by atoms with E-state index in [1.165, 1.54) is 0 Å². The Bertz CT molecular complexity index is 561. The molecule has 0 N–H and O–H groups in total. The topological polar surface area (TPSA) is 38.2 Å². The monoisotopic (exact) mass is 261 g/mol. The molecule has 1 atom stereocenters. The molecule has 1 aliphatic rings. The molecule has 0 saturated heterocycles. The van der Waals surface area contributed by atoms with Gasteiger partial charge in [-0.25, -0.2) is 4.98 Å². The summed E-state index contributed by atoms with van der Waals surface area (Å²) in [6.07, 6.45) is 1.71. The van der Waals surface area contributed by atoms with Crippen LogP contribution in [0, 0.1) is 0 Å². The summed E-state index contributed by atoms with van der Waals surface area (Å²) < 4.78 is 5.71. The minimum absolute atomic E-state index is 0.0856. The van der Waals surface area contributed by atoms with Gasteiger partial charge in [-0.05, 0) is 30.7 Å². The van der Waals surface area contributed by atoms with Gasteiger partial charge in [-0.3, -0.25) is 0 Å². The summed E-state index contributed by atoms with van der Waals surface area (Å²) in [6.45, 7) is 2.76. The summed E-state index contributed by atoms with van der Waals surface area (Å²) in [5.41, 5.74) is 1.07. The highest BCUT2D eigenvalue weighted by Gasteiger charge is 2.26. The van der Waals surface area contributed by atoms with Crippen LogP contribution in [0.4, 0.5) is 11.5 Å². The number of nitrogens with zero attached hydrogens (tertiary/aromatic N) is 3. The van der Waals surface area contributed by atoms with Gasteiger partial charge in [0.2, 0.25) is 5.28 Å². The molecular formula is C13H12ClN3O. The number of aromatic nitrogens is 2. The number of benzene rings is 1. The molecule has 1 unspecified atom stereocenters. The number of hydrogen-bond acceptors (Lipinski definition) is 4. The molecule has 92 valence electrons. The van der Waals surface area contributed by atoms with Gasteiger partial charge < -0.3 is 9.64 Å². The van der Waals surface area contributed by atoms with Crippen molar-refractivity contribution in [3.05, 3.63) is 41.8 Å². The average molecular weight is 262 g/mol. The molecule has 3 rings (SSSR count). The molecule has 18 heavy (non-hydrogen) atoms. The Hall–Kier alpha value is -1.81. The van der Waals surface area contributed by atoms with Gasteiger partial charge in [-0.15, -0.1) is 0 Å². The molecule has 0 aliphatic carbocycles. The molecular weight excluding hydrogens is 250 g/mol. The first-order valence-electron chi connectivity index (χ1n) is 5.76. The van der Waals surface area contributed by atoms with Crippen molar-refractivity contribution in [1.29, 1.82) is 0 Å².